The van der Waals surface area contributed by atoms with Crippen molar-refractivity contribution in [1.29, 1.82) is 0 Å². The topological polar surface area (TPSA) is 130 Å². The number of nitrogens with zero attached hydrogens (tertiary/aromatic N) is 3. The Balaban J connectivity index is 1.99. The van der Waals surface area contributed by atoms with Gasteiger partial charge in [-0.3, -0.25) is 19.7 Å². The minimum Gasteiger partial charge on any atom is -0.350 e. The fourth-order valence-electron chi connectivity index (χ4n) is 4.34. The lowest BCUT2D eigenvalue weighted by Gasteiger charge is -2.41. The van der Waals surface area contributed by atoms with E-state index in [4.69, 9.17) is 0 Å². The summed E-state index contributed by atoms with van der Waals surface area (Å²) in [6.45, 7) is -0.365. The Hall–Kier alpha value is -3.52. The zero-order valence-corrected chi connectivity index (χ0v) is 20.6. The molecular formula is C23H25F3N4O6S. The Bertz CT molecular complexity index is 1270. The molecule has 10 nitrogen and oxygen atoms in total. The van der Waals surface area contributed by atoms with Gasteiger partial charge in [0.2, 0.25) is 15.9 Å². The number of rotatable bonds is 7. The highest BCUT2D eigenvalue weighted by Gasteiger charge is 2.54. The maximum atomic E-state index is 13.6. The second-order valence-corrected chi connectivity index (χ2v) is 10.3. The lowest BCUT2D eigenvalue weighted by molar-refractivity contribution is -0.387. The van der Waals surface area contributed by atoms with Crippen molar-refractivity contribution in [2.45, 2.75) is 42.9 Å². The molecule has 2 aromatic rings. The average Bonchev–Trinajstić information content (AvgIpc) is 3.07. The van der Waals surface area contributed by atoms with E-state index in [0.717, 1.165) is 16.4 Å². The van der Waals surface area contributed by atoms with E-state index >= 15 is 0 Å². The number of nitro benzene ring substituents is 1. The van der Waals surface area contributed by atoms with Gasteiger partial charge in [0.15, 0.2) is 4.90 Å². The number of halogens is 3. The van der Waals surface area contributed by atoms with E-state index in [1.54, 1.807) is 30.3 Å². The molecule has 1 aliphatic rings. The molecule has 1 saturated heterocycles. The molecule has 1 unspecified atom stereocenters. The normalized spacial score (nSPS) is 19.2. The Morgan fingerprint density at radius 1 is 1.05 bits per heavy atom. The van der Waals surface area contributed by atoms with Crippen LogP contribution in [0.4, 0.5) is 18.9 Å². The highest BCUT2D eigenvalue weighted by Crippen LogP contribution is 2.34. The Labute approximate surface area is 211 Å². The highest BCUT2D eigenvalue weighted by atomic mass is 32.2. The standard InChI is InChI=1S/C23H25F3N4O6S/c1-2-22(20(31)27-16-17-8-4-3-5-9-17)12-13-28(14-15-29(22)21(32)23(24,25)26)37(35,36)19-11-7-6-10-18(19)30(33)34/h3-11H,2,12-16H2,1H3,(H,27,31). The first-order chi connectivity index (χ1) is 17.3. The van der Waals surface area contributed by atoms with Gasteiger partial charge in [-0.15, -0.1) is 0 Å². The van der Waals surface area contributed by atoms with E-state index in [1.165, 1.54) is 19.1 Å². The molecule has 1 aliphatic heterocycles. The number of carbonyl (C=O) groups is 2. The van der Waals surface area contributed by atoms with Crippen molar-refractivity contribution in [3.8, 4) is 0 Å². The van der Waals surface area contributed by atoms with Crippen LogP contribution in [0.3, 0.4) is 0 Å². The second kappa shape index (κ2) is 10.8. The van der Waals surface area contributed by atoms with E-state index in [9.17, 15) is 41.3 Å². The van der Waals surface area contributed by atoms with Crippen LogP contribution in [0.5, 0.6) is 0 Å². The van der Waals surface area contributed by atoms with Crippen molar-refractivity contribution >= 4 is 27.5 Å². The fraction of sp³-hybridized carbons (Fsp3) is 0.391. The van der Waals surface area contributed by atoms with Crippen LogP contribution in [-0.2, 0) is 26.2 Å². The Morgan fingerprint density at radius 3 is 2.27 bits per heavy atom. The van der Waals surface area contributed by atoms with Gasteiger partial charge in [0.1, 0.15) is 5.54 Å². The number of benzene rings is 2. The number of hydrogen-bond donors (Lipinski definition) is 1. The smallest absolute Gasteiger partial charge is 0.350 e. The first-order valence-corrected chi connectivity index (χ1v) is 12.7. The van der Waals surface area contributed by atoms with Gasteiger partial charge in [0.25, 0.3) is 5.69 Å². The molecule has 1 atom stereocenters. The van der Waals surface area contributed by atoms with E-state index in [2.05, 4.69) is 5.32 Å². The van der Waals surface area contributed by atoms with Crippen molar-refractivity contribution in [3.63, 3.8) is 0 Å². The number of nitrogens with one attached hydrogen (secondary N) is 1. The molecule has 0 aromatic heterocycles. The summed E-state index contributed by atoms with van der Waals surface area (Å²) < 4.78 is 68.1. The Kier molecular flexibility index (Phi) is 8.22. The lowest BCUT2D eigenvalue weighted by atomic mass is 9.88. The Morgan fingerprint density at radius 2 is 1.68 bits per heavy atom. The molecule has 1 fully saturated rings. The monoisotopic (exact) mass is 542 g/mol. The van der Waals surface area contributed by atoms with E-state index in [-0.39, 0.29) is 13.0 Å². The maximum absolute atomic E-state index is 13.6. The van der Waals surface area contributed by atoms with Crippen molar-refractivity contribution < 1.29 is 36.1 Å². The molecule has 0 spiro atoms. The first-order valence-electron chi connectivity index (χ1n) is 11.3. The second-order valence-electron chi connectivity index (χ2n) is 8.39. The third-order valence-electron chi connectivity index (χ3n) is 6.34. The molecule has 2 amide bonds. The van der Waals surface area contributed by atoms with Crippen LogP contribution in [0.25, 0.3) is 0 Å². The van der Waals surface area contributed by atoms with Crippen molar-refractivity contribution in [2.75, 3.05) is 19.6 Å². The molecule has 2 aromatic carbocycles. The predicted molar refractivity (Wildman–Crippen MR) is 126 cm³/mol. The van der Waals surface area contributed by atoms with Crippen LogP contribution >= 0.6 is 0 Å². The van der Waals surface area contributed by atoms with E-state index < -0.39 is 75.1 Å². The van der Waals surface area contributed by atoms with Gasteiger partial charge >= 0.3 is 12.1 Å². The first kappa shape index (κ1) is 28.1. The summed E-state index contributed by atoms with van der Waals surface area (Å²) in [5.41, 5.74) is -2.03. The van der Waals surface area contributed by atoms with Gasteiger partial charge in [-0.25, -0.2) is 8.42 Å². The summed E-state index contributed by atoms with van der Waals surface area (Å²) in [4.78, 5) is 36.1. The molecular weight excluding hydrogens is 517 g/mol. The minimum absolute atomic E-state index is 0.0201. The quantitative estimate of drug-likeness (QED) is 0.423. The van der Waals surface area contributed by atoms with Crippen molar-refractivity contribution in [3.05, 3.63) is 70.3 Å². The van der Waals surface area contributed by atoms with Gasteiger partial charge in [0, 0.05) is 32.2 Å². The number of carbonyl (C=O) groups excluding carboxylic acids is 2. The van der Waals surface area contributed by atoms with Gasteiger partial charge in [-0.2, -0.15) is 17.5 Å². The summed E-state index contributed by atoms with van der Waals surface area (Å²) >= 11 is 0. The molecule has 0 bridgehead atoms. The molecule has 0 aliphatic carbocycles. The molecule has 0 radical (unpaired) electrons. The van der Waals surface area contributed by atoms with E-state index in [1.807, 2.05) is 0 Å². The SMILES string of the molecule is CCC1(C(=O)NCc2ccccc2)CCN(S(=O)(=O)c2ccccc2[N+](=O)[O-])CCN1C(=O)C(F)(F)F. The third-order valence-corrected chi connectivity index (χ3v) is 8.28. The number of amides is 2. The zero-order valence-electron chi connectivity index (χ0n) is 19.8. The summed E-state index contributed by atoms with van der Waals surface area (Å²) in [7, 11) is -4.54. The van der Waals surface area contributed by atoms with Crippen LogP contribution in [0.1, 0.15) is 25.3 Å². The van der Waals surface area contributed by atoms with Gasteiger partial charge in [0.05, 0.1) is 4.92 Å². The summed E-state index contributed by atoms with van der Waals surface area (Å²) in [6, 6.07) is 13.2. The van der Waals surface area contributed by atoms with Crippen LogP contribution in [0.2, 0.25) is 0 Å². The number of alkyl halides is 3. The molecule has 1 heterocycles. The van der Waals surface area contributed by atoms with Crippen LogP contribution in [0.15, 0.2) is 59.5 Å². The number of hydrogen-bond acceptors (Lipinski definition) is 6. The minimum atomic E-state index is -5.31. The van der Waals surface area contributed by atoms with Gasteiger partial charge < -0.3 is 10.2 Å². The van der Waals surface area contributed by atoms with Crippen molar-refractivity contribution in [1.82, 2.24) is 14.5 Å². The van der Waals surface area contributed by atoms with Gasteiger partial charge in [-0.05, 0) is 24.5 Å². The molecule has 14 heteroatoms. The van der Waals surface area contributed by atoms with Crippen LogP contribution < -0.4 is 5.32 Å². The fourth-order valence-corrected chi connectivity index (χ4v) is 5.93. The summed E-state index contributed by atoms with van der Waals surface area (Å²) in [6.07, 6.45) is -5.99. The molecule has 0 saturated carbocycles. The summed E-state index contributed by atoms with van der Waals surface area (Å²) in [5, 5.41) is 14.0. The van der Waals surface area contributed by atoms with Crippen molar-refractivity contribution in [2.24, 2.45) is 0 Å². The molecule has 200 valence electrons. The van der Waals surface area contributed by atoms with E-state index in [0.29, 0.717) is 10.5 Å². The predicted octanol–water partition coefficient (Wildman–Crippen LogP) is 2.85. The largest absolute Gasteiger partial charge is 0.471 e. The van der Waals surface area contributed by atoms with Crippen LogP contribution in [0, 0.1) is 10.1 Å². The molecule has 37 heavy (non-hydrogen) atoms. The number of sulfonamides is 1. The summed E-state index contributed by atoms with van der Waals surface area (Å²) in [5.74, 6) is -3.13. The molecule has 3 rings (SSSR count). The number of nitro groups is 1. The molecule has 1 N–H and O–H groups in total. The number of para-hydroxylation sites is 1. The maximum Gasteiger partial charge on any atom is 0.471 e. The zero-order chi connectivity index (χ0) is 27.4. The highest BCUT2D eigenvalue weighted by molar-refractivity contribution is 7.89. The van der Waals surface area contributed by atoms with Gasteiger partial charge in [-0.1, -0.05) is 49.4 Å². The lowest BCUT2D eigenvalue weighted by Crippen LogP contribution is -2.62. The third kappa shape index (κ3) is 5.74. The van der Waals surface area contributed by atoms with Crippen LogP contribution in [-0.4, -0.2) is 65.7 Å². The average molecular weight is 543 g/mol.